The summed E-state index contributed by atoms with van der Waals surface area (Å²) in [6.45, 7) is 3.96. The Morgan fingerprint density at radius 2 is 1.93 bits per heavy atom. The molecule has 1 heterocycles. The quantitative estimate of drug-likeness (QED) is 0.597. The second kappa shape index (κ2) is 9.54. The van der Waals surface area contributed by atoms with Crippen LogP contribution in [0.5, 0.6) is 0 Å². The summed E-state index contributed by atoms with van der Waals surface area (Å²) in [5, 5.41) is 9.97. The van der Waals surface area contributed by atoms with Crippen LogP contribution in [0.2, 0.25) is 5.02 Å². The van der Waals surface area contributed by atoms with E-state index >= 15 is 0 Å². The molecule has 1 unspecified atom stereocenters. The van der Waals surface area contributed by atoms with Crippen LogP contribution in [0.4, 0.5) is 4.39 Å². The van der Waals surface area contributed by atoms with E-state index in [1.54, 1.807) is 6.20 Å². The molecule has 0 saturated carbocycles. The van der Waals surface area contributed by atoms with Crippen molar-refractivity contribution in [3.05, 3.63) is 82.4 Å². The monoisotopic (exact) mass is 428 g/mol. The molecular formula is C22H22ClFN4O2. The highest BCUT2D eigenvalue weighted by atomic mass is 35.5. The highest BCUT2D eigenvalue weighted by Gasteiger charge is 2.17. The normalized spacial score (nSPS) is 11.7. The van der Waals surface area contributed by atoms with Gasteiger partial charge in [0, 0.05) is 24.2 Å². The Labute approximate surface area is 179 Å². The topological polar surface area (TPSA) is 76.0 Å². The van der Waals surface area contributed by atoms with E-state index in [-0.39, 0.29) is 35.5 Å². The predicted molar refractivity (Wildman–Crippen MR) is 113 cm³/mol. The van der Waals surface area contributed by atoms with E-state index in [0.29, 0.717) is 0 Å². The first-order chi connectivity index (χ1) is 14.4. The molecule has 0 saturated heterocycles. The van der Waals surface area contributed by atoms with Crippen molar-refractivity contribution >= 4 is 23.4 Å². The molecular weight excluding hydrogens is 407 g/mol. The van der Waals surface area contributed by atoms with E-state index < -0.39 is 11.7 Å². The number of nitrogens with one attached hydrogen (secondary N) is 2. The molecule has 8 heteroatoms. The minimum absolute atomic E-state index is 0.0245. The van der Waals surface area contributed by atoms with Gasteiger partial charge in [0.05, 0.1) is 28.5 Å². The molecule has 0 aliphatic carbocycles. The van der Waals surface area contributed by atoms with Crippen LogP contribution < -0.4 is 10.6 Å². The van der Waals surface area contributed by atoms with Gasteiger partial charge in [0.2, 0.25) is 5.91 Å². The van der Waals surface area contributed by atoms with Crippen LogP contribution in [0.3, 0.4) is 0 Å². The second-order valence-electron chi connectivity index (χ2n) is 6.85. The van der Waals surface area contributed by atoms with Gasteiger partial charge >= 0.3 is 0 Å². The second-order valence-corrected chi connectivity index (χ2v) is 7.26. The van der Waals surface area contributed by atoms with Crippen LogP contribution >= 0.6 is 11.6 Å². The number of amides is 2. The van der Waals surface area contributed by atoms with Crippen molar-refractivity contribution in [2.45, 2.75) is 26.3 Å². The summed E-state index contributed by atoms with van der Waals surface area (Å²) in [6.07, 6.45) is 1.84. The lowest BCUT2D eigenvalue weighted by atomic mass is 10.1. The van der Waals surface area contributed by atoms with Gasteiger partial charge in [-0.15, -0.1) is 0 Å². The summed E-state index contributed by atoms with van der Waals surface area (Å²) in [5.41, 5.74) is 2.96. The van der Waals surface area contributed by atoms with Gasteiger partial charge in [-0.25, -0.2) is 9.07 Å². The van der Waals surface area contributed by atoms with E-state index in [4.69, 9.17) is 11.6 Å². The van der Waals surface area contributed by atoms with Crippen molar-refractivity contribution in [1.82, 2.24) is 20.4 Å². The van der Waals surface area contributed by atoms with E-state index in [1.807, 2.05) is 48.9 Å². The first-order valence-electron chi connectivity index (χ1n) is 9.49. The zero-order chi connectivity index (χ0) is 21.7. The number of carbonyl (C=O) groups excluding carboxylic acids is 2. The molecule has 0 spiro atoms. The van der Waals surface area contributed by atoms with Gasteiger partial charge in [0.25, 0.3) is 5.91 Å². The van der Waals surface area contributed by atoms with Gasteiger partial charge in [0.1, 0.15) is 5.82 Å². The minimum Gasteiger partial charge on any atom is -0.351 e. The summed E-state index contributed by atoms with van der Waals surface area (Å²) in [6, 6.07) is 13.0. The first-order valence-corrected chi connectivity index (χ1v) is 9.87. The number of benzene rings is 2. The number of halogens is 2. The summed E-state index contributed by atoms with van der Waals surface area (Å²) >= 11 is 5.88. The Bertz CT molecular complexity index is 1050. The summed E-state index contributed by atoms with van der Waals surface area (Å²) in [5.74, 6) is -1.18. The number of hydrogen-bond acceptors (Lipinski definition) is 3. The molecule has 0 fully saturated rings. The number of nitrogens with zero attached hydrogens (tertiary/aromatic N) is 2. The van der Waals surface area contributed by atoms with Gasteiger partial charge in [-0.3, -0.25) is 9.59 Å². The van der Waals surface area contributed by atoms with E-state index in [9.17, 15) is 14.0 Å². The first kappa shape index (κ1) is 21.5. The SMILES string of the molecule is Cc1c(C(C)NC(=O)CCNC(=O)c2ccc(F)cc2Cl)cnn1-c1ccccc1. The number of aromatic nitrogens is 2. The Morgan fingerprint density at radius 1 is 1.20 bits per heavy atom. The molecule has 6 nitrogen and oxygen atoms in total. The lowest BCUT2D eigenvalue weighted by Gasteiger charge is -2.14. The fourth-order valence-corrected chi connectivity index (χ4v) is 3.38. The fourth-order valence-electron chi connectivity index (χ4n) is 3.13. The lowest BCUT2D eigenvalue weighted by Crippen LogP contribution is -2.32. The van der Waals surface area contributed by atoms with Crippen molar-refractivity contribution in [1.29, 1.82) is 0 Å². The highest BCUT2D eigenvalue weighted by molar-refractivity contribution is 6.33. The van der Waals surface area contributed by atoms with Gasteiger partial charge in [-0.2, -0.15) is 5.10 Å². The minimum atomic E-state index is -0.518. The molecule has 2 aromatic carbocycles. The fraction of sp³-hybridized carbons (Fsp3) is 0.227. The Kier molecular flexibility index (Phi) is 6.84. The van der Waals surface area contributed by atoms with Crippen molar-refractivity contribution in [2.75, 3.05) is 6.54 Å². The molecule has 2 amide bonds. The molecule has 0 bridgehead atoms. The van der Waals surface area contributed by atoms with Crippen LogP contribution in [0.1, 0.15) is 41.0 Å². The lowest BCUT2D eigenvalue weighted by molar-refractivity contribution is -0.121. The summed E-state index contributed by atoms with van der Waals surface area (Å²) in [7, 11) is 0. The Hall–Kier alpha value is -3.19. The van der Waals surface area contributed by atoms with Crippen LogP contribution in [0.25, 0.3) is 5.69 Å². The third kappa shape index (κ3) is 5.04. The Morgan fingerprint density at radius 3 is 2.63 bits per heavy atom. The molecule has 2 N–H and O–H groups in total. The van der Waals surface area contributed by atoms with Gasteiger partial charge < -0.3 is 10.6 Å². The smallest absolute Gasteiger partial charge is 0.252 e. The maximum atomic E-state index is 13.1. The van der Waals surface area contributed by atoms with Crippen molar-refractivity contribution < 1.29 is 14.0 Å². The number of carbonyl (C=O) groups is 2. The zero-order valence-corrected chi connectivity index (χ0v) is 17.4. The van der Waals surface area contributed by atoms with Crippen LogP contribution in [0, 0.1) is 12.7 Å². The zero-order valence-electron chi connectivity index (χ0n) is 16.7. The van der Waals surface area contributed by atoms with E-state index in [0.717, 1.165) is 29.1 Å². The third-order valence-electron chi connectivity index (χ3n) is 4.71. The molecule has 0 aliphatic heterocycles. The highest BCUT2D eigenvalue weighted by Crippen LogP contribution is 2.20. The number of rotatable bonds is 7. The molecule has 156 valence electrons. The largest absolute Gasteiger partial charge is 0.351 e. The van der Waals surface area contributed by atoms with Crippen molar-refractivity contribution in [3.8, 4) is 5.69 Å². The van der Waals surface area contributed by atoms with E-state index in [2.05, 4.69) is 15.7 Å². The predicted octanol–water partition coefficient (Wildman–Crippen LogP) is 3.97. The van der Waals surface area contributed by atoms with Gasteiger partial charge in [0.15, 0.2) is 0 Å². The number of hydrogen-bond donors (Lipinski definition) is 2. The molecule has 3 aromatic rings. The van der Waals surface area contributed by atoms with Crippen molar-refractivity contribution in [2.24, 2.45) is 0 Å². The van der Waals surface area contributed by atoms with Crippen LogP contribution in [-0.4, -0.2) is 28.1 Å². The average molecular weight is 429 g/mol. The van der Waals surface area contributed by atoms with Gasteiger partial charge in [-0.05, 0) is 44.2 Å². The molecule has 0 radical (unpaired) electrons. The van der Waals surface area contributed by atoms with Gasteiger partial charge in [-0.1, -0.05) is 29.8 Å². The third-order valence-corrected chi connectivity index (χ3v) is 5.02. The summed E-state index contributed by atoms with van der Waals surface area (Å²) in [4.78, 5) is 24.4. The van der Waals surface area contributed by atoms with Crippen LogP contribution in [-0.2, 0) is 4.79 Å². The molecule has 3 rings (SSSR count). The average Bonchev–Trinajstić information content (AvgIpc) is 3.10. The molecule has 30 heavy (non-hydrogen) atoms. The number of para-hydroxylation sites is 1. The molecule has 0 aliphatic rings. The van der Waals surface area contributed by atoms with Crippen LogP contribution in [0.15, 0.2) is 54.7 Å². The van der Waals surface area contributed by atoms with Crippen molar-refractivity contribution in [3.63, 3.8) is 0 Å². The molecule has 1 aromatic heterocycles. The molecule has 1 atom stereocenters. The maximum absolute atomic E-state index is 13.1. The van der Waals surface area contributed by atoms with E-state index in [1.165, 1.54) is 6.07 Å². The maximum Gasteiger partial charge on any atom is 0.252 e. The Balaban J connectivity index is 1.53. The standard InChI is InChI=1S/C22H22ClFN4O2/c1-14(19-13-26-28(15(19)2)17-6-4-3-5-7-17)27-21(29)10-11-25-22(30)18-9-8-16(24)12-20(18)23/h3-9,12-14H,10-11H2,1-2H3,(H,25,30)(H,27,29). The summed E-state index contributed by atoms with van der Waals surface area (Å²) < 4.78 is 14.9.